The molecule has 1 aliphatic rings. The first kappa shape index (κ1) is 24.6. The lowest BCUT2D eigenvalue weighted by Gasteiger charge is -2.18. The number of rotatable bonds is 4. The van der Waals surface area contributed by atoms with Crippen molar-refractivity contribution in [3.05, 3.63) is 98.0 Å². The van der Waals surface area contributed by atoms with E-state index in [1.165, 1.54) is 12.0 Å². The molecule has 0 aliphatic carbocycles. The lowest BCUT2D eigenvalue weighted by Crippen LogP contribution is -2.24. The van der Waals surface area contributed by atoms with Crippen LogP contribution in [0.2, 0.25) is 5.02 Å². The molecule has 0 fully saturated rings. The molecule has 1 aliphatic heterocycles. The van der Waals surface area contributed by atoms with Crippen molar-refractivity contribution in [1.29, 1.82) is 0 Å². The summed E-state index contributed by atoms with van der Waals surface area (Å²) in [5.41, 5.74) is 8.93. The van der Waals surface area contributed by atoms with Crippen molar-refractivity contribution in [3.63, 3.8) is 0 Å². The van der Waals surface area contributed by atoms with Crippen molar-refractivity contribution in [2.45, 2.75) is 41.5 Å². The Hall–Kier alpha value is -3.57. The second kappa shape index (κ2) is 9.23. The van der Waals surface area contributed by atoms with Gasteiger partial charge in [-0.3, -0.25) is 9.69 Å². The van der Waals surface area contributed by atoms with Crippen LogP contribution in [0.5, 0.6) is 0 Å². The zero-order chi connectivity index (χ0) is 25.6. The van der Waals surface area contributed by atoms with Gasteiger partial charge >= 0.3 is 5.97 Å². The van der Waals surface area contributed by atoms with Gasteiger partial charge in [0.15, 0.2) is 0 Å². The number of aromatic nitrogens is 1. The number of esters is 1. The standard InChI is InChI=1S/C29H29ClN2O3/c1-16-11-12-23(15-25(16)30)32-21(6)26(29(34)35-7)24(28(32)33)14-22-13-19(4)31(20(22)5)27-17(2)9-8-10-18(27)3/h8-15H,1-7H3/b24-14-. The molecule has 1 amide bonds. The summed E-state index contributed by atoms with van der Waals surface area (Å²) in [6, 6.07) is 13.7. The Morgan fingerprint density at radius 1 is 0.943 bits per heavy atom. The zero-order valence-corrected chi connectivity index (χ0v) is 21.9. The number of carbonyl (C=O) groups is 2. The van der Waals surface area contributed by atoms with E-state index in [1.54, 1.807) is 19.1 Å². The first-order chi connectivity index (χ1) is 16.6. The van der Waals surface area contributed by atoms with Gasteiger partial charge in [-0.05, 0) is 88.1 Å². The van der Waals surface area contributed by atoms with E-state index in [0.717, 1.165) is 39.3 Å². The highest BCUT2D eigenvalue weighted by Crippen LogP contribution is 2.37. The molecule has 1 aromatic heterocycles. The molecule has 180 valence electrons. The quantitative estimate of drug-likeness (QED) is 0.309. The SMILES string of the molecule is COC(=O)C1=C(C)N(c2ccc(C)c(Cl)c2)C(=O)/C1=C\c1cc(C)n(-c2c(C)cccc2C)c1C. The van der Waals surface area contributed by atoms with E-state index in [9.17, 15) is 9.59 Å². The molecule has 0 N–H and O–H groups in total. The molecule has 5 nitrogen and oxygen atoms in total. The van der Waals surface area contributed by atoms with E-state index in [-0.39, 0.29) is 11.5 Å². The first-order valence-corrected chi connectivity index (χ1v) is 11.8. The number of hydrogen-bond donors (Lipinski definition) is 0. The number of methoxy groups -OCH3 is 1. The van der Waals surface area contributed by atoms with Gasteiger partial charge in [0.1, 0.15) is 0 Å². The number of allylic oxidation sites excluding steroid dienone is 1. The topological polar surface area (TPSA) is 51.5 Å². The maximum Gasteiger partial charge on any atom is 0.340 e. The van der Waals surface area contributed by atoms with E-state index in [1.807, 2.05) is 45.0 Å². The van der Waals surface area contributed by atoms with Gasteiger partial charge in [-0.25, -0.2) is 4.79 Å². The summed E-state index contributed by atoms with van der Waals surface area (Å²) in [6.45, 7) is 11.9. The van der Waals surface area contributed by atoms with Gasteiger partial charge in [0, 0.05) is 22.1 Å². The maximum absolute atomic E-state index is 13.7. The summed E-state index contributed by atoms with van der Waals surface area (Å²) in [5, 5.41) is 0.553. The molecule has 2 heterocycles. The normalized spacial score (nSPS) is 14.9. The molecule has 0 spiro atoms. The molecule has 0 saturated carbocycles. The second-order valence-corrected chi connectivity index (χ2v) is 9.39. The molecule has 0 unspecified atom stereocenters. The van der Waals surface area contributed by atoms with Gasteiger partial charge < -0.3 is 9.30 Å². The lowest BCUT2D eigenvalue weighted by molar-refractivity contribution is -0.136. The lowest BCUT2D eigenvalue weighted by atomic mass is 10.0. The van der Waals surface area contributed by atoms with E-state index in [4.69, 9.17) is 16.3 Å². The van der Waals surface area contributed by atoms with Gasteiger partial charge in [0.05, 0.1) is 29.6 Å². The summed E-state index contributed by atoms with van der Waals surface area (Å²) < 4.78 is 7.26. The van der Waals surface area contributed by atoms with Crippen LogP contribution in [-0.4, -0.2) is 23.6 Å². The average molecular weight is 489 g/mol. The molecule has 0 atom stereocenters. The molecular weight excluding hydrogens is 460 g/mol. The van der Waals surface area contributed by atoms with Crippen molar-refractivity contribution in [2.24, 2.45) is 0 Å². The van der Waals surface area contributed by atoms with Crippen molar-refractivity contribution in [3.8, 4) is 5.69 Å². The number of nitrogens with zero attached hydrogens (tertiary/aromatic N) is 2. The largest absolute Gasteiger partial charge is 0.465 e. The number of carbonyl (C=O) groups excluding carboxylic acids is 2. The number of halogens is 1. The van der Waals surface area contributed by atoms with Crippen LogP contribution in [0.1, 0.15) is 40.6 Å². The summed E-state index contributed by atoms with van der Waals surface area (Å²) >= 11 is 6.34. The first-order valence-electron chi connectivity index (χ1n) is 11.4. The third-order valence-corrected chi connectivity index (χ3v) is 7.04. The number of para-hydroxylation sites is 1. The van der Waals surface area contributed by atoms with Crippen molar-refractivity contribution < 1.29 is 14.3 Å². The molecular formula is C29H29ClN2O3. The Labute approximate surface area is 211 Å². The maximum atomic E-state index is 13.7. The Balaban J connectivity index is 1.88. The van der Waals surface area contributed by atoms with Gasteiger partial charge in [0.25, 0.3) is 5.91 Å². The average Bonchev–Trinajstić information content (AvgIpc) is 3.22. The number of anilines is 1. The summed E-state index contributed by atoms with van der Waals surface area (Å²) in [7, 11) is 1.32. The van der Waals surface area contributed by atoms with Gasteiger partial charge in [-0.2, -0.15) is 0 Å². The molecule has 35 heavy (non-hydrogen) atoms. The fourth-order valence-electron chi connectivity index (χ4n) is 4.80. The van der Waals surface area contributed by atoms with E-state index in [2.05, 4.69) is 30.5 Å². The van der Waals surface area contributed by atoms with Crippen LogP contribution in [0, 0.1) is 34.6 Å². The number of ether oxygens (including phenoxy) is 1. The Kier molecular flexibility index (Phi) is 6.48. The summed E-state index contributed by atoms with van der Waals surface area (Å²) in [6.07, 6.45) is 1.79. The second-order valence-electron chi connectivity index (χ2n) is 8.99. The Bertz CT molecular complexity index is 1420. The Morgan fingerprint density at radius 3 is 2.20 bits per heavy atom. The number of benzene rings is 2. The summed E-state index contributed by atoms with van der Waals surface area (Å²) in [4.78, 5) is 28.0. The number of amides is 1. The number of aryl methyl sites for hydroxylation is 4. The van der Waals surface area contributed by atoms with Crippen LogP contribution in [0.25, 0.3) is 11.8 Å². The monoisotopic (exact) mass is 488 g/mol. The van der Waals surface area contributed by atoms with Gasteiger partial charge in [0.2, 0.25) is 0 Å². The smallest absolute Gasteiger partial charge is 0.340 e. The Morgan fingerprint density at radius 2 is 1.60 bits per heavy atom. The third kappa shape index (κ3) is 4.10. The van der Waals surface area contributed by atoms with Crippen molar-refractivity contribution in [2.75, 3.05) is 12.0 Å². The van der Waals surface area contributed by atoms with Crippen molar-refractivity contribution in [1.82, 2.24) is 4.57 Å². The van der Waals surface area contributed by atoms with E-state index < -0.39 is 5.97 Å². The predicted octanol–water partition coefficient (Wildman–Crippen LogP) is 6.55. The predicted molar refractivity (Wildman–Crippen MR) is 141 cm³/mol. The molecule has 0 radical (unpaired) electrons. The fraction of sp³-hybridized carbons (Fsp3) is 0.241. The molecule has 2 aromatic carbocycles. The zero-order valence-electron chi connectivity index (χ0n) is 21.1. The molecule has 3 aromatic rings. The van der Waals surface area contributed by atoms with Crippen LogP contribution in [0.15, 0.2) is 59.3 Å². The highest BCUT2D eigenvalue weighted by Gasteiger charge is 2.38. The van der Waals surface area contributed by atoms with Gasteiger partial charge in [-0.15, -0.1) is 0 Å². The van der Waals surface area contributed by atoms with E-state index >= 15 is 0 Å². The van der Waals surface area contributed by atoms with Crippen LogP contribution < -0.4 is 4.90 Å². The van der Waals surface area contributed by atoms with Crippen LogP contribution in [0.4, 0.5) is 5.69 Å². The highest BCUT2D eigenvalue weighted by molar-refractivity contribution is 6.32. The van der Waals surface area contributed by atoms with Gasteiger partial charge in [-0.1, -0.05) is 35.9 Å². The third-order valence-electron chi connectivity index (χ3n) is 6.64. The molecule has 0 bridgehead atoms. The minimum Gasteiger partial charge on any atom is -0.465 e. The summed E-state index contributed by atoms with van der Waals surface area (Å²) in [5.74, 6) is -0.842. The molecule has 6 heteroatoms. The minimum absolute atomic E-state index is 0.256. The van der Waals surface area contributed by atoms with Crippen molar-refractivity contribution >= 4 is 35.2 Å². The minimum atomic E-state index is -0.550. The fourth-order valence-corrected chi connectivity index (χ4v) is 4.98. The number of hydrogen-bond acceptors (Lipinski definition) is 3. The van der Waals surface area contributed by atoms with Crippen LogP contribution in [0.3, 0.4) is 0 Å². The van der Waals surface area contributed by atoms with Crippen LogP contribution in [-0.2, 0) is 14.3 Å². The molecule has 4 rings (SSSR count). The van der Waals surface area contributed by atoms with E-state index in [0.29, 0.717) is 22.0 Å². The molecule has 0 saturated heterocycles. The highest BCUT2D eigenvalue weighted by atomic mass is 35.5. The van der Waals surface area contributed by atoms with Crippen LogP contribution >= 0.6 is 11.6 Å².